The van der Waals surface area contributed by atoms with Crippen LogP contribution in [0.15, 0.2) is 71.6 Å². The monoisotopic (exact) mass is 457 g/mol. The molecule has 0 bridgehead atoms. The summed E-state index contributed by atoms with van der Waals surface area (Å²) < 4.78 is 28.7. The number of aromatic nitrogens is 1. The maximum atomic E-state index is 12.7. The zero-order valence-corrected chi connectivity index (χ0v) is 18.1. The number of amides is 1. The number of fused-ring (bicyclic) bond motifs is 1. The first-order valence-corrected chi connectivity index (χ1v) is 11.6. The lowest BCUT2D eigenvalue weighted by atomic mass is 10.2. The topological polar surface area (TPSA) is 88.2 Å². The number of hydrogen-bond donors (Lipinski definition) is 2. The van der Waals surface area contributed by atoms with Gasteiger partial charge in [-0.1, -0.05) is 47.2 Å². The molecule has 0 atom stereocenters. The number of anilines is 2. The average molecular weight is 458 g/mol. The van der Waals surface area contributed by atoms with Crippen molar-refractivity contribution in [2.75, 3.05) is 10.0 Å². The lowest BCUT2D eigenvalue weighted by molar-refractivity contribution is 0.102. The van der Waals surface area contributed by atoms with Gasteiger partial charge in [0.15, 0.2) is 5.13 Å². The minimum atomic E-state index is -3.79. The summed E-state index contributed by atoms with van der Waals surface area (Å²) in [5.41, 5.74) is 2.43. The lowest BCUT2D eigenvalue weighted by Crippen LogP contribution is -2.13. The molecule has 1 aromatic heterocycles. The highest BCUT2D eigenvalue weighted by molar-refractivity contribution is 7.92. The second-order valence-corrected chi connectivity index (χ2v) is 9.69. The number of carbonyl (C=O) groups is 1. The number of hydrogen-bond acceptors (Lipinski definition) is 5. The van der Waals surface area contributed by atoms with E-state index in [4.69, 9.17) is 11.6 Å². The number of aryl methyl sites for hydroxylation is 1. The highest BCUT2D eigenvalue weighted by Gasteiger charge is 2.17. The van der Waals surface area contributed by atoms with Crippen LogP contribution in [0.4, 0.5) is 10.8 Å². The van der Waals surface area contributed by atoms with Crippen molar-refractivity contribution in [3.63, 3.8) is 0 Å². The van der Waals surface area contributed by atoms with Gasteiger partial charge in [-0.15, -0.1) is 0 Å². The molecule has 0 radical (unpaired) electrons. The van der Waals surface area contributed by atoms with Gasteiger partial charge >= 0.3 is 0 Å². The van der Waals surface area contributed by atoms with Gasteiger partial charge < -0.3 is 0 Å². The van der Waals surface area contributed by atoms with Gasteiger partial charge in [-0.05, 0) is 55.0 Å². The minimum Gasteiger partial charge on any atom is -0.298 e. The fourth-order valence-corrected chi connectivity index (χ4v) is 5.24. The Morgan fingerprint density at radius 1 is 1.03 bits per heavy atom. The molecule has 152 valence electrons. The van der Waals surface area contributed by atoms with Crippen LogP contribution in [0.1, 0.15) is 15.9 Å². The summed E-state index contributed by atoms with van der Waals surface area (Å²) in [7, 11) is -3.79. The van der Waals surface area contributed by atoms with Crippen LogP contribution in [-0.4, -0.2) is 19.3 Å². The quantitative estimate of drug-likeness (QED) is 0.425. The molecule has 0 aliphatic rings. The molecule has 2 N–H and O–H groups in total. The first kappa shape index (κ1) is 20.3. The Balaban J connectivity index is 1.61. The van der Waals surface area contributed by atoms with Crippen LogP contribution in [0.5, 0.6) is 0 Å². The lowest BCUT2D eigenvalue weighted by Gasteiger charge is -2.09. The second-order valence-electron chi connectivity index (χ2n) is 6.54. The molecule has 0 saturated carbocycles. The van der Waals surface area contributed by atoms with Gasteiger partial charge in [0.2, 0.25) is 0 Å². The van der Waals surface area contributed by atoms with E-state index in [1.165, 1.54) is 23.5 Å². The Kier molecular flexibility index (Phi) is 5.46. The van der Waals surface area contributed by atoms with Crippen molar-refractivity contribution in [2.45, 2.75) is 11.8 Å². The number of sulfonamides is 1. The van der Waals surface area contributed by atoms with Crippen molar-refractivity contribution in [3.05, 3.63) is 82.9 Å². The van der Waals surface area contributed by atoms with Crippen molar-refractivity contribution in [1.29, 1.82) is 0 Å². The van der Waals surface area contributed by atoms with E-state index in [9.17, 15) is 13.2 Å². The molecule has 1 amide bonds. The van der Waals surface area contributed by atoms with Gasteiger partial charge in [-0.3, -0.25) is 14.8 Å². The van der Waals surface area contributed by atoms with Gasteiger partial charge in [0.1, 0.15) is 0 Å². The van der Waals surface area contributed by atoms with Crippen LogP contribution in [0.2, 0.25) is 5.02 Å². The van der Waals surface area contributed by atoms with Crippen LogP contribution in [0, 0.1) is 6.92 Å². The third-order valence-electron chi connectivity index (χ3n) is 4.30. The summed E-state index contributed by atoms with van der Waals surface area (Å²) in [4.78, 5) is 16.9. The second kappa shape index (κ2) is 8.06. The van der Waals surface area contributed by atoms with E-state index in [0.717, 1.165) is 10.3 Å². The molecule has 9 heteroatoms. The Labute approximate surface area is 182 Å². The summed E-state index contributed by atoms with van der Waals surface area (Å²) >= 11 is 7.19. The molecule has 0 saturated heterocycles. The van der Waals surface area contributed by atoms with E-state index in [-0.39, 0.29) is 10.8 Å². The Morgan fingerprint density at radius 2 is 1.80 bits per heavy atom. The summed E-state index contributed by atoms with van der Waals surface area (Å²) in [6.45, 7) is 1.84. The van der Waals surface area contributed by atoms with E-state index in [0.29, 0.717) is 26.9 Å². The average Bonchev–Trinajstić information content (AvgIpc) is 3.11. The molecular weight excluding hydrogens is 442 g/mol. The fraction of sp³-hybridized carbons (Fsp3) is 0.0476. The van der Waals surface area contributed by atoms with Crippen LogP contribution >= 0.6 is 22.9 Å². The molecular formula is C21H16ClN3O3S2. The highest BCUT2D eigenvalue weighted by atomic mass is 35.5. The van der Waals surface area contributed by atoms with Gasteiger partial charge in [0.25, 0.3) is 15.9 Å². The third-order valence-corrected chi connectivity index (χ3v) is 6.83. The minimum absolute atomic E-state index is 0.0767. The summed E-state index contributed by atoms with van der Waals surface area (Å²) in [5, 5.41) is 3.57. The highest BCUT2D eigenvalue weighted by Crippen LogP contribution is 2.32. The molecule has 0 unspecified atom stereocenters. The zero-order chi connectivity index (χ0) is 21.3. The molecule has 4 aromatic rings. The molecule has 0 aliphatic heterocycles. The van der Waals surface area contributed by atoms with Gasteiger partial charge in [0.05, 0.1) is 20.8 Å². The molecule has 6 nitrogen and oxygen atoms in total. The first-order chi connectivity index (χ1) is 14.3. The van der Waals surface area contributed by atoms with Crippen molar-refractivity contribution < 1.29 is 13.2 Å². The number of nitrogens with zero attached hydrogens (tertiary/aromatic N) is 1. The van der Waals surface area contributed by atoms with Crippen LogP contribution in [-0.2, 0) is 10.0 Å². The molecule has 0 aliphatic carbocycles. The normalized spacial score (nSPS) is 11.4. The number of thiazole rings is 1. The number of carbonyl (C=O) groups excluding carboxylic acids is 1. The molecule has 3 aromatic carbocycles. The Hall–Kier alpha value is -2.94. The van der Waals surface area contributed by atoms with Gasteiger partial charge in [-0.25, -0.2) is 13.4 Å². The van der Waals surface area contributed by atoms with Crippen molar-refractivity contribution in [2.24, 2.45) is 0 Å². The van der Waals surface area contributed by atoms with Crippen LogP contribution in [0.3, 0.4) is 0 Å². The van der Waals surface area contributed by atoms with Crippen molar-refractivity contribution in [1.82, 2.24) is 4.98 Å². The zero-order valence-electron chi connectivity index (χ0n) is 15.7. The van der Waals surface area contributed by atoms with E-state index in [1.54, 1.807) is 48.5 Å². The van der Waals surface area contributed by atoms with Gasteiger partial charge in [-0.2, -0.15) is 0 Å². The Morgan fingerprint density at radius 3 is 2.53 bits per heavy atom. The van der Waals surface area contributed by atoms with E-state index < -0.39 is 10.0 Å². The van der Waals surface area contributed by atoms with E-state index in [2.05, 4.69) is 15.0 Å². The van der Waals surface area contributed by atoms with Crippen molar-refractivity contribution >= 4 is 59.9 Å². The standard InChI is InChI=1S/C21H16ClN3O3S2/c1-13-10-16(25-30(27,28)17-9-5-8-15(22)11-17)12-18-19(13)23-21(29-18)24-20(26)14-6-3-2-4-7-14/h2-12,25H,1H3,(H,23,24,26). The summed E-state index contributed by atoms with van der Waals surface area (Å²) in [6.07, 6.45) is 0. The smallest absolute Gasteiger partial charge is 0.261 e. The number of nitrogens with one attached hydrogen (secondary N) is 2. The molecule has 30 heavy (non-hydrogen) atoms. The maximum Gasteiger partial charge on any atom is 0.261 e. The Bertz CT molecular complexity index is 1350. The number of halogens is 1. The fourth-order valence-electron chi connectivity index (χ4n) is 2.92. The molecule has 0 fully saturated rings. The predicted octanol–water partition coefficient (Wildman–Crippen LogP) is 5.31. The number of rotatable bonds is 5. The summed E-state index contributed by atoms with van der Waals surface area (Å²) in [6, 6.07) is 18.3. The van der Waals surface area contributed by atoms with Crippen molar-refractivity contribution in [3.8, 4) is 0 Å². The molecule has 0 spiro atoms. The van der Waals surface area contributed by atoms with Crippen LogP contribution in [0.25, 0.3) is 10.2 Å². The first-order valence-electron chi connectivity index (χ1n) is 8.88. The van der Waals surface area contributed by atoms with Crippen LogP contribution < -0.4 is 10.0 Å². The summed E-state index contributed by atoms with van der Waals surface area (Å²) in [5.74, 6) is -0.255. The van der Waals surface area contributed by atoms with Gasteiger partial charge in [0, 0.05) is 10.6 Å². The largest absolute Gasteiger partial charge is 0.298 e. The predicted molar refractivity (Wildman–Crippen MR) is 121 cm³/mol. The van der Waals surface area contributed by atoms with E-state index in [1.807, 2.05) is 13.0 Å². The third kappa shape index (κ3) is 4.30. The molecule has 4 rings (SSSR count). The van der Waals surface area contributed by atoms with E-state index >= 15 is 0 Å². The molecule has 1 heterocycles. The number of benzene rings is 3. The SMILES string of the molecule is Cc1cc(NS(=O)(=O)c2cccc(Cl)c2)cc2sc(NC(=O)c3ccccc3)nc12. The maximum absolute atomic E-state index is 12.7.